The summed E-state index contributed by atoms with van der Waals surface area (Å²) in [6.45, 7) is 0.995. The highest BCUT2D eigenvalue weighted by molar-refractivity contribution is 5.73. The first kappa shape index (κ1) is 7.30. The van der Waals surface area contributed by atoms with Crippen LogP contribution in [0, 0.1) is 0 Å². The fourth-order valence-corrected chi connectivity index (χ4v) is 1.31. The molecule has 1 aliphatic rings. The summed E-state index contributed by atoms with van der Waals surface area (Å²) in [6.07, 6.45) is 3.48. The third-order valence-electron chi connectivity index (χ3n) is 1.99. The molecule has 5 heteroatoms. The number of hydrogen-bond donors (Lipinski definition) is 2. The Morgan fingerprint density at radius 2 is 2.67 bits per heavy atom. The van der Waals surface area contributed by atoms with E-state index in [1.807, 2.05) is 4.57 Å². The van der Waals surface area contributed by atoms with Crippen molar-refractivity contribution < 1.29 is 9.90 Å². The Hall–Kier alpha value is -1.36. The van der Waals surface area contributed by atoms with Crippen molar-refractivity contribution in [2.24, 2.45) is 0 Å². The van der Waals surface area contributed by atoms with Gasteiger partial charge in [0.05, 0.1) is 6.54 Å². The number of fused-ring (bicyclic) bond motifs is 1. The molecule has 0 saturated heterocycles. The number of hydrogen-bond acceptors (Lipinski definition) is 3. The smallest absolute Gasteiger partial charge is 0.322 e. The summed E-state index contributed by atoms with van der Waals surface area (Å²) in [4.78, 5) is 14.6. The predicted octanol–water partition coefficient (Wildman–Crippen LogP) is -0.560. The monoisotopic (exact) mass is 167 g/mol. The molecule has 64 valence electrons. The van der Waals surface area contributed by atoms with Gasteiger partial charge in [-0.05, 0) is 0 Å². The third kappa shape index (κ3) is 1.08. The van der Waals surface area contributed by atoms with Crippen molar-refractivity contribution in [3.05, 3.63) is 18.2 Å². The molecule has 0 aliphatic carbocycles. The fourth-order valence-electron chi connectivity index (χ4n) is 1.31. The number of carboxylic acids is 1. The van der Waals surface area contributed by atoms with Gasteiger partial charge in [-0.15, -0.1) is 0 Å². The molecule has 12 heavy (non-hydrogen) atoms. The highest BCUT2D eigenvalue weighted by Crippen LogP contribution is 2.05. The lowest BCUT2D eigenvalue weighted by atomic mass is 10.2. The van der Waals surface area contributed by atoms with Crippen LogP contribution in [0.15, 0.2) is 12.4 Å². The summed E-state index contributed by atoms with van der Waals surface area (Å²) >= 11 is 0. The van der Waals surface area contributed by atoms with E-state index in [1.54, 1.807) is 12.4 Å². The lowest BCUT2D eigenvalue weighted by Gasteiger charge is -2.21. The van der Waals surface area contributed by atoms with Crippen LogP contribution >= 0.6 is 0 Å². The Labute approximate surface area is 69.0 Å². The van der Waals surface area contributed by atoms with Gasteiger partial charge in [-0.1, -0.05) is 0 Å². The molecule has 2 rings (SSSR count). The zero-order valence-corrected chi connectivity index (χ0v) is 6.40. The van der Waals surface area contributed by atoms with Gasteiger partial charge >= 0.3 is 5.97 Å². The number of aliphatic carboxylic acids is 1. The summed E-state index contributed by atoms with van der Waals surface area (Å²) in [5, 5.41) is 11.6. The van der Waals surface area contributed by atoms with Gasteiger partial charge in [0, 0.05) is 18.9 Å². The molecule has 2 heterocycles. The SMILES string of the molecule is O=C(O)C1Cn2ccnc2CN1. The summed E-state index contributed by atoms with van der Waals surface area (Å²) in [5.74, 6) is 0.0850. The first-order valence-corrected chi connectivity index (χ1v) is 3.73. The second-order valence-electron chi connectivity index (χ2n) is 2.77. The van der Waals surface area contributed by atoms with Crippen LogP contribution in [0.25, 0.3) is 0 Å². The van der Waals surface area contributed by atoms with Crippen LogP contribution in [0.3, 0.4) is 0 Å². The molecule has 1 atom stereocenters. The first-order valence-electron chi connectivity index (χ1n) is 3.73. The van der Waals surface area contributed by atoms with Crippen molar-refractivity contribution >= 4 is 5.97 Å². The van der Waals surface area contributed by atoms with E-state index in [0.29, 0.717) is 13.1 Å². The molecule has 0 bridgehead atoms. The molecule has 5 nitrogen and oxygen atoms in total. The van der Waals surface area contributed by atoms with E-state index < -0.39 is 12.0 Å². The van der Waals surface area contributed by atoms with Crippen LogP contribution < -0.4 is 5.32 Å². The van der Waals surface area contributed by atoms with Crippen LogP contribution in [0.2, 0.25) is 0 Å². The molecule has 2 N–H and O–H groups in total. The van der Waals surface area contributed by atoms with Crippen LogP contribution in [0.1, 0.15) is 5.82 Å². The van der Waals surface area contributed by atoms with Crippen LogP contribution in [-0.2, 0) is 17.9 Å². The van der Waals surface area contributed by atoms with Crippen molar-refractivity contribution in [2.75, 3.05) is 0 Å². The molecule has 0 radical (unpaired) electrons. The standard InChI is InChI=1S/C7H9N3O2/c11-7(12)5-4-10-2-1-8-6(10)3-9-5/h1-2,5,9H,3-4H2,(H,11,12). The van der Waals surface area contributed by atoms with Crippen LogP contribution in [-0.4, -0.2) is 26.7 Å². The minimum atomic E-state index is -0.811. The van der Waals surface area contributed by atoms with E-state index in [2.05, 4.69) is 10.3 Å². The largest absolute Gasteiger partial charge is 0.480 e. The average molecular weight is 167 g/mol. The number of rotatable bonds is 1. The zero-order chi connectivity index (χ0) is 8.55. The van der Waals surface area contributed by atoms with Crippen molar-refractivity contribution in [3.63, 3.8) is 0 Å². The van der Waals surface area contributed by atoms with Crippen molar-refractivity contribution in [1.82, 2.24) is 14.9 Å². The molecule has 1 aromatic rings. The Kier molecular flexibility index (Phi) is 1.58. The molecule has 1 aromatic heterocycles. The lowest BCUT2D eigenvalue weighted by molar-refractivity contribution is -0.140. The fraction of sp³-hybridized carbons (Fsp3) is 0.429. The average Bonchev–Trinajstić information content (AvgIpc) is 2.49. The number of imidazole rings is 1. The zero-order valence-electron chi connectivity index (χ0n) is 6.40. The van der Waals surface area contributed by atoms with Crippen LogP contribution in [0.5, 0.6) is 0 Å². The van der Waals surface area contributed by atoms with Gasteiger partial charge in [0.15, 0.2) is 0 Å². The molecule has 1 unspecified atom stereocenters. The lowest BCUT2D eigenvalue weighted by Crippen LogP contribution is -2.44. The predicted molar refractivity (Wildman–Crippen MR) is 40.5 cm³/mol. The van der Waals surface area contributed by atoms with Crippen molar-refractivity contribution in [2.45, 2.75) is 19.1 Å². The summed E-state index contributed by atoms with van der Waals surface area (Å²) in [5.41, 5.74) is 0. The minimum absolute atomic E-state index is 0.463. The quantitative estimate of drug-likeness (QED) is 0.588. The highest BCUT2D eigenvalue weighted by atomic mass is 16.4. The Morgan fingerprint density at radius 1 is 1.83 bits per heavy atom. The van der Waals surface area contributed by atoms with Gasteiger partial charge < -0.3 is 9.67 Å². The summed E-state index contributed by atoms with van der Waals surface area (Å²) in [7, 11) is 0. The topological polar surface area (TPSA) is 67.1 Å². The Bertz CT molecular complexity index is 307. The number of nitrogens with zero attached hydrogens (tertiary/aromatic N) is 2. The normalized spacial score (nSPS) is 21.8. The van der Waals surface area contributed by atoms with E-state index in [4.69, 9.17) is 5.11 Å². The molecule has 0 fully saturated rings. The second-order valence-corrected chi connectivity index (χ2v) is 2.77. The van der Waals surface area contributed by atoms with Gasteiger partial charge in [0.25, 0.3) is 0 Å². The molecule has 0 spiro atoms. The Balaban J connectivity index is 2.20. The third-order valence-corrected chi connectivity index (χ3v) is 1.99. The van der Waals surface area contributed by atoms with Crippen molar-refractivity contribution in [3.8, 4) is 0 Å². The van der Waals surface area contributed by atoms with E-state index in [0.717, 1.165) is 5.82 Å². The first-order chi connectivity index (χ1) is 5.77. The molecule has 1 aliphatic heterocycles. The highest BCUT2D eigenvalue weighted by Gasteiger charge is 2.23. The summed E-state index contributed by atoms with van der Waals surface area (Å²) in [6, 6.07) is -0.480. The molecule has 0 aromatic carbocycles. The number of carbonyl (C=O) groups is 1. The van der Waals surface area contributed by atoms with E-state index in [1.165, 1.54) is 0 Å². The molecular weight excluding hydrogens is 158 g/mol. The van der Waals surface area contributed by atoms with Gasteiger partial charge in [-0.3, -0.25) is 10.1 Å². The Morgan fingerprint density at radius 3 is 3.42 bits per heavy atom. The number of aromatic nitrogens is 2. The van der Waals surface area contributed by atoms with Gasteiger partial charge in [0.2, 0.25) is 0 Å². The van der Waals surface area contributed by atoms with Gasteiger partial charge in [-0.25, -0.2) is 4.98 Å². The maximum atomic E-state index is 10.6. The number of nitrogens with one attached hydrogen (secondary N) is 1. The minimum Gasteiger partial charge on any atom is -0.480 e. The van der Waals surface area contributed by atoms with Crippen molar-refractivity contribution in [1.29, 1.82) is 0 Å². The second kappa shape index (κ2) is 2.60. The maximum Gasteiger partial charge on any atom is 0.322 e. The number of carboxylic acid groups (broad SMARTS) is 1. The molecular formula is C7H9N3O2. The summed E-state index contributed by atoms with van der Waals surface area (Å²) < 4.78 is 1.86. The maximum absolute atomic E-state index is 10.6. The molecule has 0 saturated carbocycles. The van der Waals surface area contributed by atoms with E-state index in [-0.39, 0.29) is 0 Å². The van der Waals surface area contributed by atoms with Crippen LogP contribution in [0.4, 0.5) is 0 Å². The van der Waals surface area contributed by atoms with Gasteiger partial charge in [-0.2, -0.15) is 0 Å². The van der Waals surface area contributed by atoms with E-state index in [9.17, 15) is 4.79 Å². The molecule has 0 amide bonds. The van der Waals surface area contributed by atoms with Gasteiger partial charge in [0.1, 0.15) is 11.9 Å². The van der Waals surface area contributed by atoms with E-state index >= 15 is 0 Å².